The highest BCUT2D eigenvalue weighted by Crippen LogP contribution is 2.26. The van der Waals surface area contributed by atoms with E-state index in [9.17, 15) is 13.2 Å². The number of hydrogen-bond acceptors (Lipinski definition) is 4. The molecule has 2 heterocycles. The number of carbonyl (C=O) groups excluding carboxylic acids is 1. The fraction of sp³-hybridized carbons (Fsp3) is 0.500. The van der Waals surface area contributed by atoms with Gasteiger partial charge in [-0.25, -0.2) is 8.42 Å². The lowest BCUT2D eigenvalue weighted by atomic mass is 10.1. The van der Waals surface area contributed by atoms with E-state index in [0.29, 0.717) is 37.6 Å². The van der Waals surface area contributed by atoms with Crippen LogP contribution in [0.25, 0.3) is 0 Å². The minimum atomic E-state index is -3.52. The fourth-order valence-corrected chi connectivity index (χ4v) is 5.42. The Morgan fingerprint density at radius 2 is 1.75 bits per heavy atom. The molecule has 1 aliphatic heterocycles. The van der Waals surface area contributed by atoms with Crippen molar-refractivity contribution in [3.8, 4) is 0 Å². The van der Waals surface area contributed by atoms with Gasteiger partial charge in [-0.1, -0.05) is 29.8 Å². The monoisotopic (exact) mass is 404 g/mol. The average Bonchev–Trinajstić information content (AvgIpc) is 3.28. The number of rotatable bonds is 7. The molecule has 7 nitrogen and oxygen atoms in total. The minimum absolute atomic E-state index is 0.0860. The molecular weight excluding hydrogens is 376 g/mol. The first-order valence-electron chi connectivity index (χ1n) is 9.65. The molecule has 28 heavy (non-hydrogen) atoms. The van der Waals surface area contributed by atoms with E-state index in [1.54, 1.807) is 18.5 Å². The molecule has 1 aromatic heterocycles. The van der Waals surface area contributed by atoms with Crippen molar-refractivity contribution in [3.05, 3.63) is 46.8 Å². The van der Waals surface area contributed by atoms with E-state index in [2.05, 4.69) is 10.4 Å². The van der Waals surface area contributed by atoms with Crippen LogP contribution >= 0.6 is 0 Å². The van der Waals surface area contributed by atoms with Gasteiger partial charge in [0.05, 0.1) is 17.9 Å². The smallest absolute Gasteiger partial charge is 0.246 e. The van der Waals surface area contributed by atoms with E-state index in [4.69, 9.17) is 0 Å². The van der Waals surface area contributed by atoms with Crippen molar-refractivity contribution >= 4 is 15.9 Å². The van der Waals surface area contributed by atoms with Gasteiger partial charge < -0.3 is 5.32 Å². The van der Waals surface area contributed by atoms with Crippen molar-refractivity contribution in [2.24, 2.45) is 0 Å². The summed E-state index contributed by atoms with van der Waals surface area (Å²) in [5, 5.41) is 7.28. The highest BCUT2D eigenvalue weighted by atomic mass is 32.2. The first-order chi connectivity index (χ1) is 13.3. The van der Waals surface area contributed by atoms with E-state index in [0.717, 1.165) is 18.4 Å². The third kappa shape index (κ3) is 4.44. The Labute approximate surface area is 166 Å². The van der Waals surface area contributed by atoms with E-state index in [-0.39, 0.29) is 17.2 Å². The Hall–Kier alpha value is -2.19. The lowest BCUT2D eigenvalue weighted by Gasteiger charge is -2.15. The molecular formula is C20H28N4O3S. The maximum atomic E-state index is 12.9. The zero-order valence-electron chi connectivity index (χ0n) is 16.7. The number of benzene rings is 1. The number of nitrogens with one attached hydrogen (secondary N) is 1. The highest BCUT2D eigenvalue weighted by molar-refractivity contribution is 7.89. The first-order valence-corrected chi connectivity index (χ1v) is 11.1. The molecule has 0 aliphatic carbocycles. The van der Waals surface area contributed by atoms with Crippen LogP contribution in [-0.2, 0) is 27.9 Å². The third-order valence-electron chi connectivity index (χ3n) is 5.14. The lowest BCUT2D eigenvalue weighted by molar-refractivity contribution is -0.121. The van der Waals surface area contributed by atoms with Gasteiger partial charge in [-0.2, -0.15) is 9.40 Å². The number of aromatic nitrogens is 2. The summed E-state index contributed by atoms with van der Waals surface area (Å²) in [6, 6.07) is 8.01. The van der Waals surface area contributed by atoms with Crippen molar-refractivity contribution < 1.29 is 13.2 Å². The summed E-state index contributed by atoms with van der Waals surface area (Å²) in [4.78, 5) is 12.5. The van der Waals surface area contributed by atoms with Gasteiger partial charge in [0.15, 0.2) is 0 Å². The standard InChI is InChI=1S/C20H28N4O3S/c1-15-6-8-18(9-7-15)14-21-19(25)10-13-24-17(3)20(16(2)22-24)28(26,27)23-11-4-5-12-23/h6-9H,4-5,10-14H2,1-3H3,(H,21,25). The van der Waals surface area contributed by atoms with Gasteiger partial charge in [0.2, 0.25) is 15.9 Å². The third-order valence-corrected chi connectivity index (χ3v) is 7.29. The molecule has 0 bridgehead atoms. The summed E-state index contributed by atoms with van der Waals surface area (Å²) in [6.07, 6.45) is 2.04. The topological polar surface area (TPSA) is 84.3 Å². The molecule has 2 aromatic rings. The molecule has 3 rings (SSSR count). The Morgan fingerprint density at radius 1 is 1.11 bits per heavy atom. The number of sulfonamides is 1. The number of amides is 1. The predicted molar refractivity (Wildman–Crippen MR) is 107 cm³/mol. The Kier molecular flexibility index (Phi) is 6.20. The van der Waals surface area contributed by atoms with Gasteiger partial charge in [0.25, 0.3) is 0 Å². The van der Waals surface area contributed by atoms with Crippen molar-refractivity contribution in [1.29, 1.82) is 0 Å². The van der Waals surface area contributed by atoms with Gasteiger partial charge in [-0.05, 0) is 39.2 Å². The summed E-state index contributed by atoms with van der Waals surface area (Å²) in [6.45, 7) is 7.44. The number of nitrogens with zero attached hydrogens (tertiary/aromatic N) is 3. The van der Waals surface area contributed by atoms with Crippen LogP contribution < -0.4 is 5.32 Å². The summed E-state index contributed by atoms with van der Waals surface area (Å²) in [5.74, 6) is -0.0860. The van der Waals surface area contributed by atoms with Crippen LogP contribution in [0.1, 0.15) is 41.8 Å². The van der Waals surface area contributed by atoms with Crippen molar-refractivity contribution in [2.45, 2.75) is 58.0 Å². The van der Waals surface area contributed by atoms with Crippen LogP contribution in [0, 0.1) is 20.8 Å². The van der Waals surface area contributed by atoms with Gasteiger partial charge in [0, 0.05) is 26.1 Å². The SMILES string of the molecule is Cc1ccc(CNC(=O)CCn2nc(C)c(S(=O)(=O)N3CCCC3)c2C)cc1. The van der Waals surface area contributed by atoms with Crippen LogP contribution in [-0.4, -0.2) is 41.5 Å². The highest BCUT2D eigenvalue weighted by Gasteiger charge is 2.32. The van der Waals surface area contributed by atoms with Gasteiger partial charge in [0.1, 0.15) is 4.90 Å². The Morgan fingerprint density at radius 3 is 2.39 bits per heavy atom. The Bertz CT molecular complexity index is 943. The molecule has 1 N–H and O–H groups in total. The Balaban J connectivity index is 1.62. The van der Waals surface area contributed by atoms with Crippen molar-refractivity contribution in [1.82, 2.24) is 19.4 Å². The molecule has 1 saturated heterocycles. The second-order valence-electron chi connectivity index (χ2n) is 7.35. The van der Waals surface area contributed by atoms with Gasteiger partial charge in [-0.15, -0.1) is 0 Å². The second-order valence-corrected chi connectivity index (χ2v) is 9.22. The van der Waals surface area contributed by atoms with Crippen molar-refractivity contribution in [2.75, 3.05) is 13.1 Å². The number of hydrogen-bond donors (Lipinski definition) is 1. The molecule has 152 valence electrons. The van der Waals surface area contributed by atoms with E-state index >= 15 is 0 Å². The zero-order valence-corrected chi connectivity index (χ0v) is 17.6. The maximum Gasteiger partial charge on any atom is 0.246 e. The van der Waals surface area contributed by atoms with E-state index in [1.165, 1.54) is 9.87 Å². The normalized spacial score (nSPS) is 15.1. The fourth-order valence-electron chi connectivity index (χ4n) is 3.53. The molecule has 1 amide bonds. The second kappa shape index (κ2) is 8.45. The maximum absolute atomic E-state index is 12.9. The number of aryl methyl sites for hydroxylation is 3. The molecule has 0 atom stereocenters. The molecule has 0 saturated carbocycles. The van der Waals surface area contributed by atoms with Crippen LogP contribution in [0.4, 0.5) is 0 Å². The quantitative estimate of drug-likeness (QED) is 0.767. The minimum Gasteiger partial charge on any atom is -0.352 e. The molecule has 1 fully saturated rings. The zero-order chi connectivity index (χ0) is 20.3. The average molecular weight is 405 g/mol. The first kappa shape index (κ1) is 20.5. The molecule has 0 spiro atoms. The van der Waals surface area contributed by atoms with Gasteiger partial charge in [-0.3, -0.25) is 9.48 Å². The van der Waals surface area contributed by atoms with Crippen LogP contribution in [0.2, 0.25) is 0 Å². The van der Waals surface area contributed by atoms with Crippen LogP contribution in [0.3, 0.4) is 0 Å². The van der Waals surface area contributed by atoms with E-state index in [1.807, 2.05) is 31.2 Å². The van der Waals surface area contributed by atoms with Crippen LogP contribution in [0.15, 0.2) is 29.2 Å². The lowest BCUT2D eigenvalue weighted by Crippen LogP contribution is -2.28. The van der Waals surface area contributed by atoms with E-state index < -0.39 is 10.0 Å². The summed E-state index contributed by atoms with van der Waals surface area (Å²) in [7, 11) is -3.52. The molecule has 1 aliphatic rings. The van der Waals surface area contributed by atoms with Crippen molar-refractivity contribution in [3.63, 3.8) is 0 Å². The molecule has 8 heteroatoms. The predicted octanol–water partition coefficient (Wildman–Crippen LogP) is 2.30. The number of carbonyl (C=O) groups is 1. The van der Waals surface area contributed by atoms with Crippen LogP contribution in [0.5, 0.6) is 0 Å². The summed E-state index contributed by atoms with van der Waals surface area (Å²) >= 11 is 0. The summed E-state index contributed by atoms with van der Waals surface area (Å²) in [5.41, 5.74) is 3.31. The summed E-state index contributed by atoms with van der Waals surface area (Å²) < 4.78 is 29.0. The largest absolute Gasteiger partial charge is 0.352 e. The molecule has 0 radical (unpaired) electrons. The molecule has 1 aromatic carbocycles. The van der Waals surface area contributed by atoms with Gasteiger partial charge >= 0.3 is 0 Å². The molecule has 0 unspecified atom stereocenters.